The zero-order chi connectivity index (χ0) is 19.1. The molecule has 0 saturated heterocycles. The molecule has 0 saturated carbocycles. The maximum absolute atomic E-state index is 6.14. The minimum atomic E-state index is 0.501. The highest BCUT2D eigenvalue weighted by Gasteiger charge is 2.16. The summed E-state index contributed by atoms with van der Waals surface area (Å²) in [6, 6.07) is 15.8. The summed E-state index contributed by atoms with van der Waals surface area (Å²) in [6.45, 7) is 6.05. The van der Waals surface area contributed by atoms with Gasteiger partial charge in [0.2, 0.25) is 0 Å². The number of hydrogen-bond donors (Lipinski definition) is 1. The van der Waals surface area contributed by atoms with E-state index in [2.05, 4.69) is 36.5 Å². The Labute approximate surface area is 167 Å². The molecule has 0 spiro atoms. The number of aromatic nitrogens is 3. The summed E-state index contributed by atoms with van der Waals surface area (Å²) in [5.74, 6) is 0.817. The average Bonchev–Trinajstić information content (AvgIpc) is 2.95. The van der Waals surface area contributed by atoms with Crippen molar-refractivity contribution < 1.29 is 0 Å². The Hall–Kier alpha value is -2.56. The zero-order valence-corrected chi connectivity index (χ0v) is 16.7. The number of halogens is 2. The number of nitrogens with zero attached hydrogens (tertiary/aromatic N) is 3. The fourth-order valence-corrected chi connectivity index (χ4v) is 3.41. The first-order valence-corrected chi connectivity index (χ1v) is 9.34. The summed E-state index contributed by atoms with van der Waals surface area (Å²) in [5, 5.41) is 9.12. The number of hydrogen-bond acceptors (Lipinski definition) is 3. The molecular formula is C21H18Cl2N4. The number of rotatable bonds is 3. The molecule has 27 heavy (non-hydrogen) atoms. The van der Waals surface area contributed by atoms with Gasteiger partial charge in [0.1, 0.15) is 5.82 Å². The van der Waals surface area contributed by atoms with Gasteiger partial charge in [0.05, 0.1) is 15.7 Å². The first kappa shape index (κ1) is 17.8. The van der Waals surface area contributed by atoms with Crippen molar-refractivity contribution in [3.8, 4) is 11.1 Å². The number of aryl methyl sites for hydroxylation is 3. The van der Waals surface area contributed by atoms with E-state index < -0.39 is 0 Å². The van der Waals surface area contributed by atoms with E-state index in [1.807, 2.05) is 30.5 Å². The van der Waals surface area contributed by atoms with Crippen LogP contribution in [-0.4, -0.2) is 14.6 Å². The lowest BCUT2D eigenvalue weighted by molar-refractivity contribution is 0.917. The van der Waals surface area contributed by atoms with Crippen LogP contribution < -0.4 is 5.32 Å². The van der Waals surface area contributed by atoms with Gasteiger partial charge in [0.25, 0.3) is 0 Å². The number of fused-ring (bicyclic) bond motifs is 1. The van der Waals surface area contributed by atoms with Crippen molar-refractivity contribution in [2.24, 2.45) is 0 Å². The molecule has 2 aromatic carbocycles. The smallest absolute Gasteiger partial charge is 0.165 e. The van der Waals surface area contributed by atoms with Gasteiger partial charge in [0, 0.05) is 23.0 Å². The van der Waals surface area contributed by atoms with Gasteiger partial charge in [-0.05, 0) is 44.5 Å². The van der Waals surface area contributed by atoms with E-state index in [1.54, 1.807) is 12.1 Å². The van der Waals surface area contributed by atoms with Crippen molar-refractivity contribution in [1.82, 2.24) is 14.6 Å². The van der Waals surface area contributed by atoms with Crippen LogP contribution in [0, 0.1) is 20.8 Å². The highest BCUT2D eigenvalue weighted by Crippen LogP contribution is 2.31. The summed E-state index contributed by atoms with van der Waals surface area (Å²) in [4.78, 5) is 4.74. The van der Waals surface area contributed by atoms with E-state index in [0.717, 1.165) is 39.7 Å². The maximum atomic E-state index is 6.14. The van der Waals surface area contributed by atoms with E-state index >= 15 is 0 Å². The van der Waals surface area contributed by atoms with E-state index in [4.69, 9.17) is 33.3 Å². The second kappa shape index (κ2) is 6.87. The van der Waals surface area contributed by atoms with Crippen molar-refractivity contribution in [2.75, 3.05) is 5.32 Å². The van der Waals surface area contributed by atoms with E-state index in [0.29, 0.717) is 10.0 Å². The molecule has 4 nitrogen and oxygen atoms in total. The first-order chi connectivity index (χ1) is 12.9. The predicted octanol–water partition coefficient (Wildman–Crippen LogP) is 6.37. The number of anilines is 2. The second-order valence-corrected chi connectivity index (χ2v) is 7.41. The van der Waals surface area contributed by atoms with E-state index in [-0.39, 0.29) is 0 Å². The number of nitrogens with one attached hydrogen (secondary N) is 1. The monoisotopic (exact) mass is 396 g/mol. The lowest BCUT2D eigenvalue weighted by Gasteiger charge is -2.10. The molecule has 0 amide bonds. The minimum Gasteiger partial charge on any atom is -0.340 e. The molecule has 4 rings (SSSR count). The normalized spacial score (nSPS) is 11.1. The second-order valence-electron chi connectivity index (χ2n) is 6.60. The van der Waals surface area contributed by atoms with Crippen molar-refractivity contribution in [3.05, 3.63) is 75.5 Å². The Kier molecular flexibility index (Phi) is 4.54. The molecule has 4 aromatic rings. The van der Waals surface area contributed by atoms with Gasteiger partial charge in [-0.15, -0.1) is 0 Å². The lowest BCUT2D eigenvalue weighted by atomic mass is 10.0. The number of benzene rings is 2. The molecular weight excluding hydrogens is 379 g/mol. The quantitative estimate of drug-likeness (QED) is 0.437. The van der Waals surface area contributed by atoms with Crippen LogP contribution in [0.25, 0.3) is 16.8 Å². The first-order valence-electron chi connectivity index (χ1n) is 8.58. The van der Waals surface area contributed by atoms with Gasteiger partial charge < -0.3 is 5.32 Å². The Morgan fingerprint density at radius 3 is 2.33 bits per heavy atom. The molecule has 1 N–H and O–H groups in total. The van der Waals surface area contributed by atoms with Gasteiger partial charge in [-0.1, -0.05) is 53.0 Å². The Balaban J connectivity index is 1.86. The molecule has 2 aromatic heterocycles. The summed E-state index contributed by atoms with van der Waals surface area (Å²) >= 11 is 12.2. The third-order valence-electron chi connectivity index (χ3n) is 4.42. The third-order valence-corrected chi connectivity index (χ3v) is 5.16. The maximum Gasteiger partial charge on any atom is 0.165 e. The van der Waals surface area contributed by atoms with Crippen LogP contribution in [0.4, 0.5) is 11.5 Å². The van der Waals surface area contributed by atoms with Crippen LogP contribution in [0.1, 0.15) is 17.0 Å². The Morgan fingerprint density at radius 2 is 1.63 bits per heavy atom. The Bertz CT molecular complexity index is 1150. The van der Waals surface area contributed by atoms with Crippen LogP contribution >= 0.6 is 23.2 Å². The Morgan fingerprint density at radius 1 is 0.889 bits per heavy atom. The lowest BCUT2D eigenvalue weighted by Crippen LogP contribution is -2.02. The van der Waals surface area contributed by atoms with Gasteiger partial charge in [-0.25, -0.2) is 4.98 Å². The molecule has 0 atom stereocenters. The molecule has 0 aliphatic carbocycles. The molecule has 0 radical (unpaired) electrons. The molecule has 136 valence electrons. The van der Waals surface area contributed by atoms with Gasteiger partial charge in [-0.2, -0.15) is 9.61 Å². The van der Waals surface area contributed by atoms with Crippen LogP contribution in [0.3, 0.4) is 0 Å². The van der Waals surface area contributed by atoms with Crippen LogP contribution in [0.5, 0.6) is 0 Å². The average molecular weight is 397 g/mol. The molecule has 0 bridgehead atoms. The van der Waals surface area contributed by atoms with Crippen molar-refractivity contribution in [2.45, 2.75) is 20.8 Å². The highest BCUT2D eigenvalue weighted by atomic mass is 35.5. The third kappa shape index (κ3) is 3.38. The highest BCUT2D eigenvalue weighted by molar-refractivity contribution is 6.42. The van der Waals surface area contributed by atoms with E-state index in [1.165, 1.54) is 5.56 Å². The molecule has 0 aliphatic heterocycles. The summed E-state index contributed by atoms with van der Waals surface area (Å²) < 4.78 is 1.83. The van der Waals surface area contributed by atoms with Crippen molar-refractivity contribution in [3.63, 3.8) is 0 Å². The van der Waals surface area contributed by atoms with Crippen molar-refractivity contribution >= 4 is 40.4 Å². The van der Waals surface area contributed by atoms with Crippen molar-refractivity contribution in [1.29, 1.82) is 0 Å². The van der Waals surface area contributed by atoms with Gasteiger partial charge in [-0.3, -0.25) is 0 Å². The summed E-state index contributed by atoms with van der Waals surface area (Å²) in [7, 11) is 0. The van der Waals surface area contributed by atoms with Gasteiger partial charge >= 0.3 is 0 Å². The molecule has 0 aliphatic rings. The molecule has 0 unspecified atom stereocenters. The fourth-order valence-electron chi connectivity index (χ4n) is 3.11. The summed E-state index contributed by atoms with van der Waals surface area (Å²) in [5.41, 5.74) is 6.84. The minimum absolute atomic E-state index is 0.501. The van der Waals surface area contributed by atoms with Crippen LogP contribution in [0.15, 0.2) is 48.5 Å². The molecule has 6 heteroatoms. The fraction of sp³-hybridized carbons (Fsp3) is 0.143. The predicted molar refractivity (Wildman–Crippen MR) is 112 cm³/mol. The zero-order valence-electron chi connectivity index (χ0n) is 15.2. The molecule has 0 fully saturated rings. The van der Waals surface area contributed by atoms with E-state index in [9.17, 15) is 0 Å². The standard InChI is InChI=1S/C21H18Cl2N4/c1-12-4-6-15(7-5-12)20-14(3)26-27-19(10-13(2)24-21(20)27)25-16-8-9-17(22)18(23)11-16/h4-11,25H,1-3H3. The van der Waals surface area contributed by atoms with Gasteiger partial charge in [0.15, 0.2) is 5.65 Å². The van der Waals surface area contributed by atoms with Crippen LogP contribution in [0.2, 0.25) is 10.0 Å². The topological polar surface area (TPSA) is 42.2 Å². The SMILES string of the molecule is Cc1ccc(-c2c(C)nn3c(Nc4ccc(Cl)c(Cl)c4)cc(C)nc23)cc1. The molecule has 2 heterocycles. The largest absolute Gasteiger partial charge is 0.340 e. The summed E-state index contributed by atoms with van der Waals surface area (Å²) in [6.07, 6.45) is 0. The van der Waals surface area contributed by atoms with Crippen LogP contribution in [-0.2, 0) is 0 Å².